The van der Waals surface area contributed by atoms with Gasteiger partial charge in [-0.1, -0.05) is 12.1 Å². The van der Waals surface area contributed by atoms with E-state index < -0.39 is 0 Å². The number of aromatic nitrogens is 2. The molecule has 4 heteroatoms. The first-order valence-corrected chi connectivity index (χ1v) is 8.39. The van der Waals surface area contributed by atoms with Crippen LogP contribution in [0, 0.1) is 0 Å². The molecule has 0 spiro atoms. The van der Waals surface area contributed by atoms with E-state index in [1.807, 2.05) is 30.6 Å². The summed E-state index contributed by atoms with van der Waals surface area (Å²) in [6, 6.07) is 12.6. The van der Waals surface area contributed by atoms with Gasteiger partial charge >= 0.3 is 0 Å². The zero-order valence-corrected chi connectivity index (χ0v) is 13.9. The van der Waals surface area contributed by atoms with E-state index in [9.17, 15) is 0 Å². The van der Waals surface area contributed by atoms with Crippen LogP contribution in [0.2, 0.25) is 0 Å². The van der Waals surface area contributed by atoms with Crippen molar-refractivity contribution in [1.29, 1.82) is 0 Å². The van der Waals surface area contributed by atoms with Gasteiger partial charge in [0.15, 0.2) is 0 Å². The Hall–Kier alpha value is -2.46. The van der Waals surface area contributed by atoms with Crippen molar-refractivity contribution in [2.75, 3.05) is 20.2 Å². The Kier molecular flexibility index (Phi) is 4.13. The summed E-state index contributed by atoms with van der Waals surface area (Å²) in [4.78, 5) is 11.5. The summed E-state index contributed by atoms with van der Waals surface area (Å²) in [6.07, 6.45) is 5.79. The summed E-state index contributed by atoms with van der Waals surface area (Å²) in [5, 5.41) is 1.13. The van der Waals surface area contributed by atoms with Crippen molar-refractivity contribution in [1.82, 2.24) is 14.9 Å². The van der Waals surface area contributed by atoms with Gasteiger partial charge in [-0.05, 0) is 41.8 Å². The van der Waals surface area contributed by atoms with Crippen LogP contribution in [0.4, 0.5) is 0 Å². The van der Waals surface area contributed by atoms with Crippen molar-refractivity contribution in [2.24, 2.45) is 0 Å². The molecule has 3 heterocycles. The Morgan fingerprint density at radius 1 is 1.17 bits per heavy atom. The van der Waals surface area contributed by atoms with Crippen molar-refractivity contribution in [2.45, 2.75) is 19.4 Å². The van der Waals surface area contributed by atoms with Crippen LogP contribution in [-0.2, 0) is 19.4 Å². The van der Waals surface area contributed by atoms with Crippen molar-refractivity contribution >= 4 is 10.9 Å². The van der Waals surface area contributed by atoms with Crippen LogP contribution in [0.1, 0.15) is 16.8 Å². The van der Waals surface area contributed by atoms with Crippen LogP contribution in [0.5, 0.6) is 5.75 Å². The molecule has 4 rings (SSSR count). The smallest absolute Gasteiger partial charge is 0.118 e. The minimum atomic E-state index is 0.914. The van der Waals surface area contributed by atoms with E-state index in [1.165, 1.54) is 16.8 Å². The quantitative estimate of drug-likeness (QED) is 0.740. The lowest BCUT2D eigenvalue weighted by Crippen LogP contribution is -2.32. The van der Waals surface area contributed by atoms with Gasteiger partial charge < -0.3 is 4.74 Å². The van der Waals surface area contributed by atoms with Crippen molar-refractivity contribution in [3.63, 3.8) is 0 Å². The van der Waals surface area contributed by atoms with E-state index in [0.717, 1.165) is 49.1 Å². The predicted octanol–water partition coefficient (Wildman–Crippen LogP) is 3.24. The summed E-state index contributed by atoms with van der Waals surface area (Å²) in [6.45, 7) is 3.12. The summed E-state index contributed by atoms with van der Waals surface area (Å²) in [7, 11) is 1.70. The molecular weight excluding hydrogens is 298 g/mol. The third kappa shape index (κ3) is 3.10. The van der Waals surface area contributed by atoms with E-state index in [-0.39, 0.29) is 0 Å². The topological polar surface area (TPSA) is 38.2 Å². The van der Waals surface area contributed by atoms with E-state index in [0.29, 0.717) is 0 Å². The average Bonchev–Trinajstić information content (AvgIpc) is 2.65. The third-order valence-electron chi connectivity index (χ3n) is 4.72. The molecule has 0 fully saturated rings. The monoisotopic (exact) mass is 319 g/mol. The standard InChI is InChI=1S/C20H21N3O/c1-24-18-4-2-15(3-5-18)7-10-23-11-8-20-17(14-23)12-16-13-21-9-6-19(16)22-20/h2-6,9,12-13H,7-8,10-11,14H2,1H3. The Balaban J connectivity index is 1.44. The summed E-state index contributed by atoms with van der Waals surface area (Å²) in [5.41, 5.74) is 4.99. The number of methoxy groups -OCH3 is 1. The second-order valence-corrected chi connectivity index (χ2v) is 6.29. The fraction of sp³-hybridized carbons (Fsp3) is 0.300. The molecule has 3 aromatic rings. The van der Waals surface area contributed by atoms with E-state index in [1.54, 1.807) is 7.11 Å². The molecule has 122 valence electrons. The molecule has 0 bridgehead atoms. The van der Waals surface area contributed by atoms with Gasteiger partial charge in [0.2, 0.25) is 0 Å². The number of hydrogen-bond donors (Lipinski definition) is 0. The van der Waals surface area contributed by atoms with Gasteiger partial charge in [-0.25, -0.2) is 0 Å². The van der Waals surface area contributed by atoms with E-state index in [2.05, 4.69) is 28.1 Å². The number of hydrogen-bond acceptors (Lipinski definition) is 4. The first-order valence-electron chi connectivity index (χ1n) is 8.39. The van der Waals surface area contributed by atoms with Crippen LogP contribution in [0.25, 0.3) is 10.9 Å². The molecule has 1 aromatic carbocycles. The Morgan fingerprint density at radius 3 is 2.88 bits per heavy atom. The second kappa shape index (κ2) is 6.57. The predicted molar refractivity (Wildman–Crippen MR) is 95.2 cm³/mol. The van der Waals surface area contributed by atoms with Gasteiger partial charge in [-0.3, -0.25) is 14.9 Å². The minimum absolute atomic E-state index is 0.914. The summed E-state index contributed by atoms with van der Waals surface area (Å²) in [5.74, 6) is 0.914. The first kappa shape index (κ1) is 15.1. The summed E-state index contributed by atoms with van der Waals surface area (Å²) < 4.78 is 5.22. The molecule has 24 heavy (non-hydrogen) atoms. The maximum absolute atomic E-state index is 5.22. The lowest BCUT2D eigenvalue weighted by Gasteiger charge is -2.28. The van der Waals surface area contributed by atoms with Gasteiger partial charge in [0.05, 0.1) is 12.6 Å². The van der Waals surface area contributed by atoms with Crippen LogP contribution in [-0.4, -0.2) is 35.1 Å². The molecule has 1 aliphatic rings. The molecule has 0 amide bonds. The van der Waals surface area contributed by atoms with Crippen LogP contribution >= 0.6 is 0 Å². The number of pyridine rings is 2. The molecule has 0 atom stereocenters. The number of ether oxygens (including phenoxy) is 1. The number of rotatable bonds is 4. The molecular formula is C20H21N3O. The Morgan fingerprint density at radius 2 is 2.04 bits per heavy atom. The molecule has 0 unspecified atom stereocenters. The number of nitrogens with zero attached hydrogens (tertiary/aromatic N) is 3. The molecule has 0 saturated carbocycles. The molecule has 1 aliphatic heterocycles. The molecule has 0 aliphatic carbocycles. The van der Waals surface area contributed by atoms with Crippen LogP contribution in [0.15, 0.2) is 48.8 Å². The molecule has 0 saturated heterocycles. The second-order valence-electron chi connectivity index (χ2n) is 6.29. The normalized spacial score (nSPS) is 14.5. The maximum Gasteiger partial charge on any atom is 0.118 e. The van der Waals surface area contributed by atoms with Gasteiger partial charge in [0.1, 0.15) is 5.75 Å². The average molecular weight is 319 g/mol. The van der Waals surface area contributed by atoms with E-state index in [4.69, 9.17) is 9.72 Å². The van der Waals surface area contributed by atoms with Gasteiger partial charge in [-0.15, -0.1) is 0 Å². The van der Waals surface area contributed by atoms with Gasteiger partial charge in [0, 0.05) is 49.5 Å². The fourth-order valence-corrected chi connectivity index (χ4v) is 3.31. The number of fused-ring (bicyclic) bond motifs is 2. The summed E-state index contributed by atoms with van der Waals surface area (Å²) >= 11 is 0. The highest BCUT2D eigenvalue weighted by atomic mass is 16.5. The molecule has 4 nitrogen and oxygen atoms in total. The largest absolute Gasteiger partial charge is 0.497 e. The van der Waals surface area contributed by atoms with Crippen molar-refractivity contribution in [3.05, 3.63) is 65.6 Å². The first-order chi connectivity index (χ1) is 11.8. The van der Waals surface area contributed by atoms with Crippen LogP contribution < -0.4 is 4.74 Å². The van der Waals surface area contributed by atoms with Gasteiger partial charge in [-0.2, -0.15) is 0 Å². The van der Waals surface area contributed by atoms with Gasteiger partial charge in [0.25, 0.3) is 0 Å². The van der Waals surface area contributed by atoms with Crippen molar-refractivity contribution < 1.29 is 4.74 Å². The zero-order valence-electron chi connectivity index (χ0n) is 13.9. The lowest BCUT2D eigenvalue weighted by molar-refractivity contribution is 0.255. The maximum atomic E-state index is 5.22. The van der Waals surface area contributed by atoms with Crippen LogP contribution in [0.3, 0.4) is 0 Å². The Bertz CT molecular complexity index is 845. The van der Waals surface area contributed by atoms with Crippen molar-refractivity contribution in [3.8, 4) is 5.75 Å². The molecule has 0 radical (unpaired) electrons. The zero-order chi connectivity index (χ0) is 16.4. The molecule has 0 N–H and O–H groups in total. The highest BCUT2D eigenvalue weighted by Gasteiger charge is 2.17. The molecule has 2 aromatic heterocycles. The lowest BCUT2D eigenvalue weighted by atomic mass is 10.0. The fourth-order valence-electron chi connectivity index (χ4n) is 3.31. The SMILES string of the molecule is COc1ccc(CCN2CCc3nc4ccncc4cc3C2)cc1. The highest BCUT2D eigenvalue weighted by molar-refractivity contribution is 5.78. The Labute approximate surface area is 142 Å². The number of benzene rings is 1. The third-order valence-corrected chi connectivity index (χ3v) is 4.72. The van der Waals surface area contributed by atoms with E-state index >= 15 is 0 Å². The highest BCUT2D eigenvalue weighted by Crippen LogP contribution is 2.22. The minimum Gasteiger partial charge on any atom is -0.497 e.